The normalized spacial score (nSPS) is 10.8. The second-order valence-corrected chi connectivity index (χ2v) is 8.31. The molecule has 0 unspecified atom stereocenters. The number of carbonyl (C=O) groups excluding carboxylic acids is 2. The summed E-state index contributed by atoms with van der Waals surface area (Å²) in [6.07, 6.45) is 0. The molecule has 0 bridgehead atoms. The third-order valence-corrected chi connectivity index (χ3v) is 6.08. The molecule has 0 fully saturated rings. The zero-order chi connectivity index (χ0) is 19.5. The molecule has 0 aliphatic rings. The van der Waals surface area contributed by atoms with Crippen molar-refractivity contribution in [2.45, 2.75) is 6.54 Å². The van der Waals surface area contributed by atoms with Gasteiger partial charge in [0.25, 0.3) is 11.8 Å². The quantitative estimate of drug-likeness (QED) is 0.513. The summed E-state index contributed by atoms with van der Waals surface area (Å²) in [5.41, 5.74) is 2.18. The molecule has 5 nitrogen and oxygen atoms in total. The third kappa shape index (κ3) is 3.95. The summed E-state index contributed by atoms with van der Waals surface area (Å²) in [5, 5.41) is 5.59. The summed E-state index contributed by atoms with van der Waals surface area (Å²) < 4.78 is 1.11. The van der Waals surface area contributed by atoms with Gasteiger partial charge in [0.05, 0.1) is 21.6 Å². The minimum Gasteiger partial charge on any atom is -0.335 e. The van der Waals surface area contributed by atoms with Crippen LogP contribution in [0, 0.1) is 0 Å². The van der Waals surface area contributed by atoms with E-state index in [0.717, 1.165) is 15.2 Å². The number of para-hydroxylation sites is 1. The highest BCUT2D eigenvalue weighted by Gasteiger charge is 2.15. The van der Waals surface area contributed by atoms with Crippen LogP contribution in [0.5, 0.6) is 0 Å². The third-order valence-electron chi connectivity index (χ3n) is 4.19. The number of hydrogen-bond acceptors (Lipinski definition) is 5. The summed E-state index contributed by atoms with van der Waals surface area (Å²) in [4.78, 5) is 31.7. The lowest BCUT2D eigenvalue weighted by molar-refractivity contribution is 0.0785. The lowest BCUT2D eigenvalue weighted by Gasteiger charge is -2.16. The zero-order valence-corrected chi connectivity index (χ0v) is 16.7. The molecule has 0 spiro atoms. The van der Waals surface area contributed by atoms with E-state index in [1.165, 1.54) is 11.3 Å². The van der Waals surface area contributed by atoms with Crippen molar-refractivity contribution in [2.75, 3.05) is 12.4 Å². The standard InChI is InChI=1S/C21H17N3O2S2/c1-24(13-19-23-16-5-2-3-6-17(16)28-19)21(26)14-8-10-15(11-9-14)22-20(25)18-7-4-12-27-18/h2-12H,13H2,1H3,(H,22,25). The molecular formula is C21H17N3O2S2. The van der Waals surface area contributed by atoms with Crippen LogP contribution in [0.3, 0.4) is 0 Å². The molecule has 1 N–H and O–H groups in total. The van der Waals surface area contributed by atoms with Gasteiger partial charge in [-0.3, -0.25) is 9.59 Å². The fourth-order valence-corrected chi connectivity index (χ4v) is 4.42. The first kappa shape index (κ1) is 18.3. The van der Waals surface area contributed by atoms with Gasteiger partial charge in [-0.2, -0.15) is 0 Å². The average molecular weight is 408 g/mol. The second-order valence-electron chi connectivity index (χ2n) is 6.25. The van der Waals surface area contributed by atoms with E-state index in [1.807, 2.05) is 35.7 Å². The Kier molecular flexibility index (Phi) is 5.18. The number of nitrogens with one attached hydrogen (secondary N) is 1. The summed E-state index contributed by atoms with van der Waals surface area (Å²) >= 11 is 2.98. The van der Waals surface area contributed by atoms with Gasteiger partial charge in [0.1, 0.15) is 5.01 Å². The molecule has 2 aromatic heterocycles. The highest BCUT2D eigenvalue weighted by Crippen LogP contribution is 2.23. The van der Waals surface area contributed by atoms with Crippen molar-refractivity contribution < 1.29 is 9.59 Å². The van der Waals surface area contributed by atoms with Gasteiger partial charge in [-0.15, -0.1) is 22.7 Å². The highest BCUT2D eigenvalue weighted by atomic mass is 32.1. The monoisotopic (exact) mass is 407 g/mol. The van der Waals surface area contributed by atoms with E-state index in [2.05, 4.69) is 10.3 Å². The van der Waals surface area contributed by atoms with Crippen molar-refractivity contribution >= 4 is 50.4 Å². The van der Waals surface area contributed by atoms with Crippen molar-refractivity contribution in [3.05, 3.63) is 81.5 Å². The van der Waals surface area contributed by atoms with Gasteiger partial charge in [-0.05, 0) is 47.8 Å². The van der Waals surface area contributed by atoms with E-state index in [-0.39, 0.29) is 11.8 Å². The minimum absolute atomic E-state index is 0.0876. The number of benzene rings is 2. The molecule has 7 heteroatoms. The Bertz CT molecular complexity index is 1090. The molecule has 0 aliphatic heterocycles. The number of carbonyl (C=O) groups is 2. The molecule has 28 heavy (non-hydrogen) atoms. The van der Waals surface area contributed by atoms with Crippen molar-refractivity contribution in [3.63, 3.8) is 0 Å². The van der Waals surface area contributed by atoms with Crippen LogP contribution in [0.1, 0.15) is 25.0 Å². The van der Waals surface area contributed by atoms with E-state index in [0.29, 0.717) is 22.7 Å². The fraction of sp³-hybridized carbons (Fsp3) is 0.0952. The van der Waals surface area contributed by atoms with Gasteiger partial charge in [-0.1, -0.05) is 18.2 Å². The van der Waals surface area contributed by atoms with Crippen LogP contribution in [0.15, 0.2) is 66.0 Å². The lowest BCUT2D eigenvalue weighted by atomic mass is 10.2. The number of hydrogen-bond donors (Lipinski definition) is 1. The molecule has 0 atom stereocenters. The maximum absolute atomic E-state index is 12.7. The van der Waals surface area contributed by atoms with Crippen LogP contribution < -0.4 is 5.32 Å². The Labute approximate surface area is 170 Å². The van der Waals surface area contributed by atoms with Crippen molar-refractivity contribution in [2.24, 2.45) is 0 Å². The first-order valence-electron chi connectivity index (χ1n) is 8.65. The molecule has 2 heterocycles. The van der Waals surface area contributed by atoms with Crippen LogP contribution in [0.2, 0.25) is 0 Å². The number of nitrogens with zero attached hydrogens (tertiary/aromatic N) is 2. The predicted octanol–water partition coefficient (Wildman–Crippen LogP) is 4.88. The predicted molar refractivity (Wildman–Crippen MR) is 114 cm³/mol. The Balaban J connectivity index is 1.41. The number of aromatic nitrogens is 1. The molecule has 0 saturated carbocycles. The molecular weight excluding hydrogens is 390 g/mol. The molecule has 140 valence electrons. The van der Waals surface area contributed by atoms with E-state index in [9.17, 15) is 9.59 Å². The van der Waals surface area contributed by atoms with Crippen LogP contribution in [0.4, 0.5) is 5.69 Å². The van der Waals surface area contributed by atoms with E-state index < -0.39 is 0 Å². The highest BCUT2D eigenvalue weighted by molar-refractivity contribution is 7.18. The topological polar surface area (TPSA) is 62.3 Å². The second kappa shape index (κ2) is 7.92. The SMILES string of the molecule is CN(Cc1nc2ccccc2s1)C(=O)c1ccc(NC(=O)c2cccs2)cc1. The first-order valence-corrected chi connectivity index (χ1v) is 10.3. The Morgan fingerprint density at radius 1 is 1.04 bits per heavy atom. The maximum atomic E-state index is 12.7. The number of rotatable bonds is 5. The Morgan fingerprint density at radius 2 is 1.82 bits per heavy atom. The summed E-state index contributed by atoms with van der Waals surface area (Å²) in [7, 11) is 1.76. The maximum Gasteiger partial charge on any atom is 0.265 e. The number of thiophene rings is 1. The summed E-state index contributed by atoms with van der Waals surface area (Å²) in [6, 6.07) is 18.5. The Morgan fingerprint density at radius 3 is 2.54 bits per heavy atom. The van der Waals surface area contributed by atoms with Gasteiger partial charge in [0.2, 0.25) is 0 Å². The average Bonchev–Trinajstić information content (AvgIpc) is 3.37. The van der Waals surface area contributed by atoms with Crippen LogP contribution >= 0.6 is 22.7 Å². The molecule has 4 aromatic rings. The smallest absolute Gasteiger partial charge is 0.265 e. The number of amides is 2. The number of fused-ring (bicyclic) bond motifs is 1. The zero-order valence-electron chi connectivity index (χ0n) is 15.1. The Hall–Kier alpha value is -3.03. The van der Waals surface area contributed by atoms with Crippen molar-refractivity contribution in [1.82, 2.24) is 9.88 Å². The van der Waals surface area contributed by atoms with Crippen LogP contribution in [0.25, 0.3) is 10.2 Å². The van der Waals surface area contributed by atoms with Crippen LogP contribution in [-0.4, -0.2) is 28.7 Å². The molecule has 0 saturated heterocycles. The van der Waals surface area contributed by atoms with Gasteiger partial charge < -0.3 is 10.2 Å². The molecule has 4 rings (SSSR count). The van der Waals surface area contributed by atoms with Gasteiger partial charge in [0, 0.05) is 18.3 Å². The van der Waals surface area contributed by atoms with E-state index in [1.54, 1.807) is 53.6 Å². The van der Waals surface area contributed by atoms with Gasteiger partial charge in [-0.25, -0.2) is 4.98 Å². The van der Waals surface area contributed by atoms with E-state index in [4.69, 9.17) is 0 Å². The summed E-state index contributed by atoms with van der Waals surface area (Å²) in [6.45, 7) is 0.453. The molecule has 0 aliphatic carbocycles. The molecule has 2 amide bonds. The molecule has 0 radical (unpaired) electrons. The first-order chi connectivity index (χ1) is 13.6. The van der Waals surface area contributed by atoms with Crippen molar-refractivity contribution in [3.8, 4) is 0 Å². The fourth-order valence-electron chi connectivity index (χ4n) is 2.78. The van der Waals surface area contributed by atoms with E-state index >= 15 is 0 Å². The largest absolute Gasteiger partial charge is 0.335 e. The lowest BCUT2D eigenvalue weighted by Crippen LogP contribution is -2.26. The van der Waals surface area contributed by atoms with Crippen LogP contribution in [-0.2, 0) is 6.54 Å². The van der Waals surface area contributed by atoms with Gasteiger partial charge in [0.15, 0.2) is 0 Å². The number of thiazole rings is 1. The number of anilines is 1. The van der Waals surface area contributed by atoms with Crippen molar-refractivity contribution in [1.29, 1.82) is 0 Å². The summed E-state index contributed by atoms with van der Waals surface area (Å²) in [5.74, 6) is -0.239. The molecule has 2 aromatic carbocycles. The van der Waals surface area contributed by atoms with Gasteiger partial charge >= 0.3 is 0 Å². The minimum atomic E-state index is -0.151.